The highest BCUT2D eigenvalue weighted by Gasteiger charge is 2.08. The van der Waals surface area contributed by atoms with Crippen molar-refractivity contribution < 1.29 is 14.0 Å². The number of carbonyl (C=O) groups is 2. The molecule has 0 aliphatic heterocycles. The maximum atomic E-state index is 13.2. The molecule has 2 amide bonds. The summed E-state index contributed by atoms with van der Waals surface area (Å²) in [6.07, 6.45) is 0. The zero-order valence-electron chi connectivity index (χ0n) is 15.4. The Morgan fingerprint density at radius 1 is 0.897 bits per heavy atom. The van der Waals surface area contributed by atoms with Crippen LogP contribution in [0, 0.1) is 5.82 Å². The number of amides is 2. The van der Waals surface area contributed by atoms with Gasteiger partial charge in [-0.25, -0.2) is 4.39 Å². The monoisotopic (exact) mass is 411 g/mol. The third kappa shape index (κ3) is 6.05. The average molecular weight is 412 g/mol. The molecule has 0 spiro atoms. The van der Waals surface area contributed by atoms with Gasteiger partial charge in [-0.3, -0.25) is 9.59 Å². The summed E-state index contributed by atoms with van der Waals surface area (Å²) in [5.41, 5.74) is 2.47. The Kier molecular flexibility index (Phi) is 6.81. The van der Waals surface area contributed by atoms with Crippen LogP contribution in [0.3, 0.4) is 0 Å². The van der Waals surface area contributed by atoms with Gasteiger partial charge in [0, 0.05) is 23.5 Å². The van der Waals surface area contributed by atoms with Crippen LogP contribution in [0.5, 0.6) is 0 Å². The smallest absolute Gasteiger partial charge is 0.251 e. The lowest BCUT2D eigenvalue weighted by molar-refractivity contribution is -0.114. The van der Waals surface area contributed by atoms with E-state index in [1.807, 2.05) is 30.3 Å². The van der Waals surface area contributed by atoms with Gasteiger partial charge in [0.15, 0.2) is 0 Å². The van der Waals surface area contributed by atoms with Gasteiger partial charge in [-0.15, -0.1) is 0 Å². The number of hydrogen-bond acceptors (Lipinski definition) is 3. The summed E-state index contributed by atoms with van der Waals surface area (Å²) in [5, 5.41) is 8.41. The first-order valence-electron chi connectivity index (χ1n) is 8.92. The Morgan fingerprint density at radius 3 is 2.45 bits per heavy atom. The first kappa shape index (κ1) is 20.4. The van der Waals surface area contributed by atoms with Crippen molar-refractivity contribution in [3.63, 3.8) is 0 Å². The lowest BCUT2D eigenvalue weighted by atomic mass is 10.1. The highest BCUT2D eigenvalue weighted by atomic mass is 35.5. The summed E-state index contributed by atoms with van der Waals surface area (Å²) in [6, 6.07) is 20.4. The molecule has 7 heteroatoms. The summed E-state index contributed by atoms with van der Waals surface area (Å²) in [7, 11) is 0. The fourth-order valence-electron chi connectivity index (χ4n) is 2.61. The van der Waals surface area contributed by atoms with E-state index in [-0.39, 0.29) is 23.4 Å². The Hall–Kier alpha value is -3.38. The standard InChI is InChI=1S/C22H19ClFN3O2/c23-19-12-17(9-10-20(19)24)25-14-21(28)27-18-8-4-7-16(11-18)22(29)26-13-15-5-2-1-3-6-15/h1-12,25H,13-14H2,(H,26,29)(H,27,28). The molecule has 3 aromatic rings. The van der Waals surface area contributed by atoms with Crippen LogP contribution < -0.4 is 16.0 Å². The largest absolute Gasteiger partial charge is 0.376 e. The van der Waals surface area contributed by atoms with E-state index >= 15 is 0 Å². The minimum atomic E-state index is -0.524. The molecule has 0 atom stereocenters. The summed E-state index contributed by atoms with van der Waals surface area (Å²) in [5.74, 6) is -1.07. The van der Waals surface area contributed by atoms with Crippen molar-refractivity contribution in [2.75, 3.05) is 17.2 Å². The lowest BCUT2D eigenvalue weighted by Crippen LogP contribution is -2.24. The van der Waals surface area contributed by atoms with Crippen molar-refractivity contribution in [1.82, 2.24) is 5.32 Å². The van der Waals surface area contributed by atoms with E-state index in [9.17, 15) is 14.0 Å². The summed E-state index contributed by atoms with van der Waals surface area (Å²) in [4.78, 5) is 24.5. The predicted molar refractivity (Wildman–Crippen MR) is 113 cm³/mol. The maximum Gasteiger partial charge on any atom is 0.251 e. The molecule has 0 heterocycles. The van der Waals surface area contributed by atoms with Crippen LogP contribution >= 0.6 is 11.6 Å². The van der Waals surface area contributed by atoms with E-state index in [1.54, 1.807) is 24.3 Å². The molecule has 0 saturated heterocycles. The first-order valence-corrected chi connectivity index (χ1v) is 9.30. The number of nitrogens with one attached hydrogen (secondary N) is 3. The van der Waals surface area contributed by atoms with E-state index < -0.39 is 5.82 Å². The van der Waals surface area contributed by atoms with E-state index in [0.717, 1.165) is 5.56 Å². The van der Waals surface area contributed by atoms with Crippen LogP contribution in [-0.2, 0) is 11.3 Å². The maximum absolute atomic E-state index is 13.2. The SMILES string of the molecule is O=C(CNc1ccc(F)c(Cl)c1)Nc1cccc(C(=O)NCc2ccccc2)c1. The second-order valence-electron chi connectivity index (χ2n) is 6.28. The second kappa shape index (κ2) is 9.71. The van der Waals surface area contributed by atoms with Crippen molar-refractivity contribution in [2.45, 2.75) is 6.54 Å². The van der Waals surface area contributed by atoms with Gasteiger partial charge in [-0.05, 0) is 42.0 Å². The Morgan fingerprint density at radius 2 is 1.69 bits per heavy atom. The summed E-state index contributed by atoms with van der Waals surface area (Å²) in [6.45, 7) is 0.382. The van der Waals surface area contributed by atoms with Gasteiger partial charge >= 0.3 is 0 Å². The summed E-state index contributed by atoms with van der Waals surface area (Å²) < 4.78 is 13.2. The molecule has 3 rings (SSSR count). The molecule has 0 bridgehead atoms. The van der Waals surface area contributed by atoms with Gasteiger partial charge in [-0.2, -0.15) is 0 Å². The topological polar surface area (TPSA) is 70.2 Å². The third-order valence-electron chi connectivity index (χ3n) is 4.08. The van der Waals surface area contributed by atoms with E-state index in [2.05, 4.69) is 16.0 Å². The fourth-order valence-corrected chi connectivity index (χ4v) is 2.79. The number of halogens is 2. The highest BCUT2D eigenvalue weighted by Crippen LogP contribution is 2.19. The number of benzene rings is 3. The average Bonchev–Trinajstić information content (AvgIpc) is 2.74. The molecule has 148 valence electrons. The Labute approximate surface area is 172 Å². The molecule has 0 aliphatic rings. The molecular formula is C22H19ClFN3O2. The molecule has 3 aromatic carbocycles. The van der Waals surface area contributed by atoms with Crippen molar-refractivity contribution in [2.24, 2.45) is 0 Å². The van der Waals surface area contributed by atoms with Gasteiger partial charge in [-0.1, -0.05) is 48.0 Å². The van der Waals surface area contributed by atoms with Crippen molar-refractivity contribution in [3.8, 4) is 0 Å². The molecular weight excluding hydrogens is 393 g/mol. The van der Waals surface area contributed by atoms with Crippen LogP contribution in [0.2, 0.25) is 5.02 Å². The minimum Gasteiger partial charge on any atom is -0.376 e. The minimum absolute atomic E-state index is 0.0235. The molecule has 0 radical (unpaired) electrons. The molecule has 0 saturated carbocycles. The van der Waals surface area contributed by atoms with Gasteiger partial charge in [0.25, 0.3) is 5.91 Å². The zero-order chi connectivity index (χ0) is 20.6. The lowest BCUT2D eigenvalue weighted by Gasteiger charge is -2.10. The normalized spacial score (nSPS) is 10.3. The van der Waals surface area contributed by atoms with Crippen LogP contribution in [0.25, 0.3) is 0 Å². The molecule has 0 aliphatic carbocycles. The zero-order valence-corrected chi connectivity index (χ0v) is 16.2. The molecule has 3 N–H and O–H groups in total. The molecule has 0 unspecified atom stereocenters. The van der Waals surface area contributed by atoms with Crippen LogP contribution in [0.1, 0.15) is 15.9 Å². The second-order valence-corrected chi connectivity index (χ2v) is 6.69. The van der Waals surface area contributed by atoms with Crippen molar-refractivity contribution in [3.05, 3.63) is 94.8 Å². The van der Waals surface area contributed by atoms with Crippen molar-refractivity contribution in [1.29, 1.82) is 0 Å². The van der Waals surface area contributed by atoms with Crippen molar-refractivity contribution >= 4 is 34.8 Å². The first-order chi connectivity index (χ1) is 14.0. The molecule has 5 nitrogen and oxygen atoms in total. The summed E-state index contributed by atoms with van der Waals surface area (Å²) >= 11 is 5.72. The molecule has 0 aromatic heterocycles. The van der Waals surface area contributed by atoms with Gasteiger partial charge < -0.3 is 16.0 Å². The third-order valence-corrected chi connectivity index (χ3v) is 4.37. The number of hydrogen-bond donors (Lipinski definition) is 3. The van der Waals surface area contributed by atoms with E-state index in [4.69, 9.17) is 11.6 Å². The van der Waals surface area contributed by atoms with Crippen LogP contribution in [-0.4, -0.2) is 18.4 Å². The highest BCUT2D eigenvalue weighted by molar-refractivity contribution is 6.31. The Balaban J connectivity index is 1.53. The van der Waals surface area contributed by atoms with Crippen LogP contribution in [0.15, 0.2) is 72.8 Å². The predicted octanol–water partition coefficient (Wildman–Crippen LogP) is 4.46. The van der Waals surface area contributed by atoms with Gasteiger partial charge in [0.05, 0.1) is 11.6 Å². The van der Waals surface area contributed by atoms with E-state index in [0.29, 0.717) is 23.5 Å². The van der Waals surface area contributed by atoms with E-state index in [1.165, 1.54) is 18.2 Å². The quantitative estimate of drug-likeness (QED) is 0.537. The number of anilines is 2. The number of rotatable bonds is 7. The molecule has 0 fully saturated rings. The molecule has 29 heavy (non-hydrogen) atoms. The van der Waals surface area contributed by atoms with Gasteiger partial charge in [0.1, 0.15) is 5.82 Å². The van der Waals surface area contributed by atoms with Crippen LogP contribution in [0.4, 0.5) is 15.8 Å². The Bertz CT molecular complexity index is 1010. The fraction of sp³-hybridized carbons (Fsp3) is 0.0909. The van der Waals surface area contributed by atoms with Gasteiger partial charge in [0.2, 0.25) is 5.91 Å². The number of carbonyl (C=O) groups excluding carboxylic acids is 2.